The molecule has 5 rings (SSSR count). The van der Waals surface area contributed by atoms with E-state index in [0.29, 0.717) is 23.8 Å². The lowest BCUT2D eigenvalue weighted by Gasteiger charge is -2.31. The van der Waals surface area contributed by atoms with E-state index in [2.05, 4.69) is 60.3 Å². The van der Waals surface area contributed by atoms with Crippen molar-refractivity contribution in [3.05, 3.63) is 82.7 Å². The number of carbonyl (C=O) groups excluding carboxylic acids is 1. The van der Waals surface area contributed by atoms with Gasteiger partial charge < -0.3 is 19.1 Å². The Morgan fingerprint density at radius 2 is 1.82 bits per heavy atom. The number of methoxy groups -OCH3 is 1. The Morgan fingerprint density at radius 1 is 1.05 bits per heavy atom. The molecule has 0 fully saturated rings. The molecule has 0 saturated carbocycles. The minimum Gasteiger partial charge on any atom is -0.496 e. The number of aromatic nitrogens is 2. The fourth-order valence-corrected chi connectivity index (χ4v) is 5.33. The first-order chi connectivity index (χ1) is 18.8. The third-order valence-corrected chi connectivity index (χ3v) is 7.35. The summed E-state index contributed by atoms with van der Waals surface area (Å²) < 4.78 is 10.8. The first kappa shape index (κ1) is 26.6. The number of amides is 1. The summed E-state index contributed by atoms with van der Waals surface area (Å²) in [5.41, 5.74) is 8.22. The van der Waals surface area contributed by atoms with Gasteiger partial charge in [0.15, 0.2) is 0 Å². The van der Waals surface area contributed by atoms with Crippen LogP contribution in [0.1, 0.15) is 45.8 Å². The van der Waals surface area contributed by atoms with Gasteiger partial charge in [0.25, 0.3) is 5.91 Å². The molecule has 0 spiro atoms. The van der Waals surface area contributed by atoms with Crippen molar-refractivity contribution in [2.45, 2.75) is 39.5 Å². The van der Waals surface area contributed by atoms with Gasteiger partial charge in [-0.2, -0.15) is 4.98 Å². The highest BCUT2D eigenvalue weighted by Crippen LogP contribution is 2.35. The average molecular weight is 525 g/mol. The van der Waals surface area contributed by atoms with Gasteiger partial charge in [-0.25, -0.2) is 0 Å². The fraction of sp³-hybridized carbons (Fsp3) is 0.344. The fourth-order valence-electron chi connectivity index (χ4n) is 5.33. The molecular weight excluding hydrogens is 488 g/mol. The van der Waals surface area contributed by atoms with E-state index in [0.717, 1.165) is 71.5 Å². The molecule has 1 aliphatic heterocycles. The number of ether oxygens (including phenoxy) is 1. The van der Waals surface area contributed by atoms with E-state index in [-0.39, 0.29) is 5.91 Å². The van der Waals surface area contributed by atoms with Gasteiger partial charge in [-0.05, 0) is 111 Å². The Balaban J connectivity index is 1.37. The lowest BCUT2D eigenvalue weighted by Crippen LogP contribution is -2.35. The quantitative estimate of drug-likeness (QED) is 0.277. The van der Waals surface area contributed by atoms with Crippen LogP contribution in [-0.2, 0) is 12.8 Å². The summed E-state index contributed by atoms with van der Waals surface area (Å²) in [6, 6.07) is 18.4. The van der Waals surface area contributed by atoms with E-state index in [9.17, 15) is 4.79 Å². The maximum atomic E-state index is 13.7. The number of hydrogen-bond acceptors (Lipinski definition) is 6. The summed E-state index contributed by atoms with van der Waals surface area (Å²) in [6.45, 7) is 5.58. The molecule has 4 aromatic rings. The van der Waals surface area contributed by atoms with Gasteiger partial charge in [-0.15, -0.1) is 0 Å². The van der Waals surface area contributed by atoms with Gasteiger partial charge >= 0.3 is 0 Å². The zero-order chi connectivity index (χ0) is 27.5. The van der Waals surface area contributed by atoms with Gasteiger partial charge in [-0.3, -0.25) is 4.79 Å². The molecule has 202 valence electrons. The highest BCUT2D eigenvalue weighted by molar-refractivity contribution is 6.07. The third-order valence-electron chi connectivity index (χ3n) is 7.35. The highest BCUT2D eigenvalue weighted by Gasteiger charge is 2.25. The second kappa shape index (κ2) is 11.4. The molecule has 0 atom stereocenters. The highest BCUT2D eigenvalue weighted by atomic mass is 16.5. The standard InChI is InChI=1S/C32H36N4O3/c1-21-18-27(31-33-22(2)39-34-31)14-15-28(21)23-10-12-24(13-11-23)32(37)36-17-7-8-25-20-30(38-5)26(19-29(25)36)9-6-16-35(3)4/h10-15,18-20H,6-9,16-17H2,1-5H3. The molecule has 0 aliphatic carbocycles. The largest absolute Gasteiger partial charge is 0.496 e. The first-order valence-corrected chi connectivity index (χ1v) is 13.5. The molecular formula is C32H36N4O3. The van der Waals surface area contributed by atoms with Crippen LogP contribution in [0.4, 0.5) is 5.69 Å². The predicted octanol–water partition coefficient (Wildman–Crippen LogP) is 6.12. The molecule has 3 aromatic carbocycles. The number of rotatable bonds is 8. The average Bonchev–Trinajstić information content (AvgIpc) is 3.38. The van der Waals surface area contributed by atoms with Crippen molar-refractivity contribution >= 4 is 11.6 Å². The molecule has 0 unspecified atom stereocenters. The van der Waals surface area contributed by atoms with E-state index < -0.39 is 0 Å². The van der Waals surface area contributed by atoms with Crippen LogP contribution < -0.4 is 9.64 Å². The molecule has 39 heavy (non-hydrogen) atoms. The van der Waals surface area contributed by atoms with Crippen LogP contribution in [-0.4, -0.2) is 55.2 Å². The zero-order valence-electron chi connectivity index (χ0n) is 23.5. The van der Waals surface area contributed by atoms with E-state index in [4.69, 9.17) is 9.26 Å². The van der Waals surface area contributed by atoms with Crippen molar-refractivity contribution in [3.63, 3.8) is 0 Å². The molecule has 0 bridgehead atoms. The van der Waals surface area contributed by atoms with Crippen molar-refractivity contribution < 1.29 is 14.1 Å². The molecule has 7 heteroatoms. The topological polar surface area (TPSA) is 71.7 Å². The van der Waals surface area contributed by atoms with Gasteiger partial charge in [0, 0.05) is 30.3 Å². The summed E-state index contributed by atoms with van der Waals surface area (Å²) in [4.78, 5) is 22.2. The van der Waals surface area contributed by atoms with Crippen LogP contribution in [0.3, 0.4) is 0 Å². The van der Waals surface area contributed by atoms with Crippen molar-refractivity contribution in [2.75, 3.05) is 39.2 Å². The first-order valence-electron chi connectivity index (χ1n) is 13.5. The maximum absolute atomic E-state index is 13.7. The SMILES string of the molecule is COc1cc2c(cc1CCCN(C)C)N(C(=O)c1ccc(-c3ccc(-c4noc(C)n4)cc3C)cc1)CCC2. The number of carbonyl (C=O) groups is 1. The van der Waals surface area contributed by atoms with Crippen LogP contribution in [0.2, 0.25) is 0 Å². The molecule has 0 radical (unpaired) electrons. The number of benzene rings is 3. The van der Waals surface area contributed by atoms with Crippen LogP contribution in [0.15, 0.2) is 59.1 Å². The lowest BCUT2D eigenvalue weighted by molar-refractivity contribution is 0.0985. The van der Waals surface area contributed by atoms with Crippen LogP contribution >= 0.6 is 0 Å². The Bertz CT molecular complexity index is 1470. The molecule has 1 amide bonds. The lowest BCUT2D eigenvalue weighted by atomic mass is 9.95. The van der Waals surface area contributed by atoms with Crippen molar-refractivity contribution in [1.29, 1.82) is 0 Å². The minimum atomic E-state index is 0.0338. The number of fused-ring (bicyclic) bond motifs is 1. The Labute approximate surface area is 230 Å². The summed E-state index contributed by atoms with van der Waals surface area (Å²) in [5.74, 6) is 2.08. The Kier molecular flexibility index (Phi) is 7.79. The number of nitrogens with zero attached hydrogens (tertiary/aromatic N) is 4. The zero-order valence-corrected chi connectivity index (χ0v) is 23.5. The van der Waals surface area contributed by atoms with Gasteiger partial charge in [0.05, 0.1) is 7.11 Å². The molecule has 0 saturated heterocycles. The second-order valence-corrected chi connectivity index (χ2v) is 10.5. The summed E-state index contributed by atoms with van der Waals surface area (Å²) >= 11 is 0. The van der Waals surface area contributed by atoms with Crippen LogP contribution in [0, 0.1) is 13.8 Å². The Hall–Kier alpha value is -3.97. The van der Waals surface area contributed by atoms with E-state index in [1.807, 2.05) is 35.2 Å². The number of aryl methyl sites for hydroxylation is 4. The molecule has 1 aromatic heterocycles. The van der Waals surface area contributed by atoms with Crippen molar-refractivity contribution in [2.24, 2.45) is 0 Å². The maximum Gasteiger partial charge on any atom is 0.258 e. The number of anilines is 1. The minimum absolute atomic E-state index is 0.0338. The van der Waals surface area contributed by atoms with Crippen molar-refractivity contribution in [3.8, 4) is 28.3 Å². The van der Waals surface area contributed by atoms with Gasteiger partial charge in [0.1, 0.15) is 5.75 Å². The van der Waals surface area contributed by atoms with E-state index in [1.165, 1.54) is 5.56 Å². The van der Waals surface area contributed by atoms with Crippen LogP contribution in [0.5, 0.6) is 5.75 Å². The molecule has 7 nitrogen and oxygen atoms in total. The molecule has 2 heterocycles. The van der Waals surface area contributed by atoms with Crippen molar-refractivity contribution in [1.82, 2.24) is 15.0 Å². The van der Waals surface area contributed by atoms with Crippen LogP contribution in [0.25, 0.3) is 22.5 Å². The number of hydrogen-bond donors (Lipinski definition) is 0. The second-order valence-electron chi connectivity index (χ2n) is 10.5. The Morgan fingerprint density at radius 3 is 2.49 bits per heavy atom. The third kappa shape index (κ3) is 5.73. The van der Waals surface area contributed by atoms with E-state index in [1.54, 1.807) is 14.0 Å². The normalized spacial score (nSPS) is 13.0. The smallest absolute Gasteiger partial charge is 0.258 e. The van der Waals surface area contributed by atoms with Gasteiger partial charge in [0.2, 0.25) is 11.7 Å². The van der Waals surface area contributed by atoms with Gasteiger partial charge in [-0.1, -0.05) is 29.4 Å². The molecule has 1 aliphatic rings. The predicted molar refractivity (Wildman–Crippen MR) is 155 cm³/mol. The van der Waals surface area contributed by atoms with E-state index >= 15 is 0 Å². The summed E-state index contributed by atoms with van der Waals surface area (Å²) in [7, 11) is 5.90. The summed E-state index contributed by atoms with van der Waals surface area (Å²) in [6.07, 6.45) is 3.83. The monoisotopic (exact) mass is 524 g/mol. The summed E-state index contributed by atoms with van der Waals surface area (Å²) in [5, 5.41) is 4.02. The molecule has 0 N–H and O–H groups in total.